The maximum atomic E-state index is 12.9. The summed E-state index contributed by atoms with van der Waals surface area (Å²) in [7, 11) is 0. The zero-order valence-corrected chi connectivity index (χ0v) is 15.3. The maximum Gasteiger partial charge on any atom is 0.417 e. The molecule has 0 aliphatic rings. The van der Waals surface area contributed by atoms with Gasteiger partial charge >= 0.3 is 6.18 Å². The van der Waals surface area contributed by atoms with E-state index in [2.05, 4.69) is 4.98 Å². The molecule has 3 rings (SSSR count). The van der Waals surface area contributed by atoms with E-state index in [9.17, 15) is 22.8 Å². The number of ketones is 1. The van der Waals surface area contributed by atoms with Crippen LogP contribution in [0.2, 0.25) is 0 Å². The highest BCUT2D eigenvalue weighted by Crippen LogP contribution is 2.28. The molecule has 0 saturated carbocycles. The first-order valence-electron chi connectivity index (χ1n) is 8.53. The normalized spacial score (nSPS) is 11.6. The van der Waals surface area contributed by atoms with Crippen LogP contribution in [0.3, 0.4) is 0 Å². The summed E-state index contributed by atoms with van der Waals surface area (Å²) < 4.78 is 41.4. The van der Waals surface area contributed by atoms with Crippen LogP contribution in [0.1, 0.15) is 32.9 Å². The van der Waals surface area contributed by atoms with Crippen molar-refractivity contribution in [3.05, 3.63) is 87.4 Å². The number of rotatable bonds is 5. The standard InChI is InChI=1S/C20H18F3N3O2/c1-13-8-17(14(2)26(13)10-15-4-3-7-24-9-15)18(27)12-25-11-16(20(21,22)23)5-6-19(25)28/h3-9,11H,10,12H2,1-2H3. The van der Waals surface area contributed by atoms with Gasteiger partial charge in [0.1, 0.15) is 0 Å². The van der Waals surface area contributed by atoms with Gasteiger partial charge in [-0.15, -0.1) is 0 Å². The molecule has 28 heavy (non-hydrogen) atoms. The van der Waals surface area contributed by atoms with Gasteiger partial charge in [-0.2, -0.15) is 13.2 Å². The molecule has 0 amide bonds. The Hall–Kier alpha value is -3.16. The fraction of sp³-hybridized carbons (Fsp3) is 0.250. The molecule has 3 aromatic heterocycles. The number of pyridine rings is 2. The lowest BCUT2D eigenvalue weighted by Gasteiger charge is -2.11. The molecule has 0 atom stereocenters. The summed E-state index contributed by atoms with van der Waals surface area (Å²) in [5.41, 5.74) is 1.23. The van der Waals surface area contributed by atoms with Crippen LogP contribution in [0.15, 0.2) is 53.7 Å². The summed E-state index contributed by atoms with van der Waals surface area (Å²) in [4.78, 5) is 28.7. The first-order chi connectivity index (χ1) is 13.2. The van der Waals surface area contributed by atoms with Gasteiger partial charge in [0.2, 0.25) is 0 Å². The molecule has 0 N–H and O–H groups in total. The lowest BCUT2D eigenvalue weighted by Crippen LogP contribution is -2.25. The van der Waals surface area contributed by atoms with Gasteiger partial charge in [0.15, 0.2) is 5.78 Å². The summed E-state index contributed by atoms with van der Waals surface area (Å²) >= 11 is 0. The molecular formula is C20H18F3N3O2. The summed E-state index contributed by atoms with van der Waals surface area (Å²) in [5, 5.41) is 0. The Morgan fingerprint density at radius 3 is 2.57 bits per heavy atom. The molecule has 0 fully saturated rings. The maximum absolute atomic E-state index is 12.9. The highest BCUT2D eigenvalue weighted by atomic mass is 19.4. The smallest absolute Gasteiger partial charge is 0.344 e. The number of alkyl halides is 3. The number of carbonyl (C=O) groups excluding carboxylic acids is 1. The number of aryl methyl sites for hydroxylation is 1. The van der Waals surface area contributed by atoms with Crippen molar-refractivity contribution in [2.24, 2.45) is 0 Å². The Morgan fingerprint density at radius 1 is 1.18 bits per heavy atom. The molecule has 0 aliphatic carbocycles. The third-order valence-corrected chi connectivity index (χ3v) is 4.56. The van der Waals surface area contributed by atoms with E-state index in [0.717, 1.165) is 21.9 Å². The van der Waals surface area contributed by atoms with Crippen LogP contribution >= 0.6 is 0 Å². The van der Waals surface area contributed by atoms with Gasteiger partial charge in [0.25, 0.3) is 5.56 Å². The number of Topliss-reactive ketones (excluding diaryl/α,β-unsaturated/α-hetero) is 1. The molecule has 0 aromatic carbocycles. The summed E-state index contributed by atoms with van der Waals surface area (Å²) in [6, 6.07) is 6.95. The molecule has 3 heterocycles. The number of nitrogens with zero attached hydrogens (tertiary/aromatic N) is 3. The van der Waals surface area contributed by atoms with Crippen LogP contribution in [0.5, 0.6) is 0 Å². The number of carbonyl (C=O) groups is 1. The lowest BCUT2D eigenvalue weighted by molar-refractivity contribution is -0.138. The van der Waals surface area contributed by atoms with E-state index in [1.807, 2.05) is 23.6 Å². The Labute approximate surface area is 159 Å². The first-order valence-corrected chi connectivity index (χ1v) is 8.53. The zero-order chi connectivity index (χ0) is 20.5. The molecule has 0 saturated heterocycles. The molecule has 8 heteroatoms. The highest BCUT2D eigenvalue weighted by Gasteiger charge is 2.31. The van der Waals surface area contributed by atoms with Gasteiger partial charge in [-0.1, -0.05) is 6.07 Å². The minimum atomic E-state index is -4.59. The number of hydrogen-bond acceptors (Lipinski definition) is 3. The topological polar surface area (TPSA) is 56.9 Å². The van der Waals surface area contributed by atoms with Gasteiger partial charge < -0.3 is 9.13 Å². The van der Waals surface area contributed by atoms with Crippen molar-refractivity contribution in [1.29, 1.82) is 0 Å². The minimum Gasteiger partial charge on any atom is -0.344 e. The monoisotopic (exact) mass is 389 g/mol. The summed E-state index contributed by atoms with van der Waals surface area (Å²) in [6.07, 6.45) is -0.518. The molecule has 0 radical (unpaired) electrons. The molecule has 0 unspecified atom stereocenters. The van der Waals surface area contributed by atoms with Gasteiger partial charge in [-0.3, -0.25) is 14.6 Å². The second-order valence-electron chi connectivity index (χ2n) is 6.54. The third-order valence-electron chi connectivity index (χ3n) is 4.56. The van der Waals surface area contributed by atoms with E-state index in [1.54, 1.807) is 25.4 Å². The first kappa shape index (κ1) is 19.6. The Balaban J connectivity index is 1.88. The van der Waals surface area contributed by atoms with Crippen LogP contribution in [0.4, 0.5) is 13.2 Å². The van der Waals surface area contributed by atoms with Crippen molar-refractivity contribution in [1.82, 2.24) is 14.1 Å². The zero-order valence-electron chi connectivity index (χ0n) is 15.3. The van der Waals surface area contributed by atoms with Crippen LogP contribution in [-0.2, 0) is 19.3 Å². The predicted octanol–water partition coefficient (Wildman–Crippen LogP) is 3.61. The molecule has 146 valence electrons. The second-order valence-corrected chi connectivity index (χ2v) is 6.54. The van der Waals surface area contributed by atoms with Crippen molar-refractivity contribution < 1.29 is 18.0 Å². The molecule has 3 aromatic rings. The van der Waals surface area contributed by atoms with E-state index in [0.29, 0.717) is 30.1 Å². The lowest BCUT2D eigenvalue weighted by atomic mass is 10.1. The van der Waals surface area contributed by atoms with Crippen LogP contribution in [0, 0.1) is 13.8 Å². The van der Waals surface area contributed by atoms with Crippen molar-refractivity contribution in [3.8, 4) is 0 Å². The van der Waals surface area contributed by atoms with E-state index >= 15 is 0 Å². The highest BCUT2D eigenvalue weighted by molar-refractivity contribution is 5.97. The Bertz CT molecular complexity index is 1070. The summed E-state index contributed by atoms with van der Waals surface area (Å²) in [6.45, 7) is 3.67. The van der Waals surface area contributed by atoms with Crippen molar-refractivity contribution in [2.45, 2.75) is 33.1 Å². The minimum absolute atomic E-state index is 0.380. The van der Waals surface area contributed by atoms with Gasteiger partial charge in [-0.25, -0.2) is 0 Å². The van der Waals surface area contributed by atoms with E-state index in [1.165, 1.54) is 0 Å². The van der Waals surface area contributed by atoms with Crippen LogP contribution in [-0.4, -0.2) is 19.9 Å². The van der Waals surface area contributed by atoms with Gasteiger partial charge in [-0.05, 0) is 37.6 Å². The van der Waals surface area contributed by atoms with E-state index < -0.39 is 29.6 Å². The molecule has 0 bridgehead atoms. The molecule has 5 nitrogen and oxygen atoms in total. The number of hydrogen-bond donors (Lipinski definition) is 0. The molecular weight excluding hydrogens is 371 g/mol. The third kappa shape index (κ3) is 4.05. The number of aromatic nitrogens is 3. The van der Waals surface area contributed by atoms with Crippen molar-refractivity contribution in [2.75, 3.05) is 0 Å². The Morgan fingerprint density at radius 2 is 1.93 bits per heavy atom. The molecule has 0 spiro atoms. The SMILES string of the molecule is Cc1cc(C(=O)Cn2cc(C(F)(F)F)ccc2=O)c(C)n1Cc1cccnc1. The fourth-order valence-corrected chi connectivity index (χ4v) is 3.06. The average molecular weight is 389 g/mol. The van der Waals surface area contributed by atoms with Gasteiger partial charge in [0.05, 0.1) is 12.1 Å². The summed E-state index contributed by atoms with van der Waals surface area (Å²) in [5.74, 6) is -0.424. The van der Waals surface area contributed by atoms with E-state index in [-0.39, 0.29) is 0 Å². The average Bonchev–Trinajstić information content (AvgIpc) is 2.92. The predicted molar refractivity (Wildman–Crippen MR) is 97.3 cm³/mol. The second kappa shape index (κ2) is 7.46. The largest absolute Gasteiger partial charge is 0.417 e. The molecule has 0 aliphatic heterocycles. The van der Waals surface area contributed by atoms with Gasteiger partial charge in [0, 0.05) is 48.2 Å². The van der Waals surface area contributed by atoms with E-state index in [4.69, 9.17) is 0 Å². The Kier molecular flexibility index (Phi) is 5.22. The van der Waals surface area contributed by atoms with Crippen LogP contribution < -0.4 is 5.56 Å². The quantitative estimate of drug-likeness (QED) is 0.627. The fourth-order valence-electron chi connectivity index (χ4n) is 3.06. The number of halogens is 3. The van der Waals surface area contributed by atoms with Crippen molar-refractivity contribution in [3.63, 3.8) is 0 Å². The van der Waals surface area contributed by atoms with Crippen molar-refractivity contribution >= 4 is 5.78 Å². The van der Waals surface area contributed by atoms with Crippen LogP contribution in [0.25, 0.3) is 0 Å².